The molecule has 3 rings (SSSR count). The van der Waals surface area contributed by atoms with Crippen LogP contribution in [-0.2, 0) is 30.5 Å². The van der Waals surface area contributed by atoms with Crippen LogP contribution in [0.5, 0.6) is 17.2 Å². The van der Waals surface area contributed by atoms with Crippen LogP contribution in [0.15, 0.2) is 98.2 Å². The topological polar surface area (TPSA) is 229 Å². The van der Waals surface area contributed by atoms with Crippen molar-refractivity contribution in [3.05, 3.63) is 115 Å². The van der Waals surface area contributed by atoms with Crippen LogP contribution < -0.4 is 14.2 Å². The van der Waals surface area contributed by atoms with E-state index in [-0.39, 0.29) is 44.7 Å². The number of benzene rings is 2. The molecular weight excluding hydrogens is 989 g/mol. The van der Waals surface area contributed by atoms with Crippen molar-refractivity contribution in [1.29, 1.82) is 10.5 Å². The van der Waals surface area contributed by atoms with E-state index in [0.717, 1.165) is 54.9 Å². The predicted octanol–water partition coefficient (Wildman–Crippen LogP) is 13.5. The standard InChI is InChI=1S/C34H49NO7.C17H27NO2.C13H16O3/c1-7-13-26-16-17-30(28(18-26)21-36)41-22-29(37)23-42-32(40)33(5,9-3)24-34(6,31(38)39)19-27(20-35)15-12-10-11-14-25(4)8-2;1-5-14(3)10-8-7-9-11-15(13-18)12-17(4,6-2)16(19)20;1-3-4-10-5-6-12(13(7-10)14-2)16-9-11-8-15-11/h7-8,10,12-13,16-18,25,27,29,36-37H,2,9,11,14-15,19,21-24H2,1,3-6H3,(H,38,39);5,7,9,14-15H,1,6,8,10-12H2,2-4H3,(H,19,20);3-7,11H,8-9H2,1-2H3. The zero-order chi connectivity index (χ0) is 58.7. The fourth-order valence-corrected chi connectivity index (χ4v) is 8.17. The van der Waals surface area contributed by atoms with E-state index in [9.17, 15) is 40.1 Å². The van der Waals surface area contributed by atoms with Gasteiger partial charge in [0, 0.05) is 5.56 Å². The summed E-state index contributed by atoms with van der Waals surface area (Å²) in [6.45, 7) is 24.9. The highest BCUT2D eigenvalue weighted by atomic mass is 16.6. The molecule has 1 fully saturated rings. The number of allylic oxidation sites excluding steroid dienone is 8. The number of nitrogens with zero attached hydrogens (tertiary/aromatic N) is 2. The van der Waals surface area contributed by atoms with Gasteiger partial charge in [0.05, 0.1) is 60.5 Å². The molecule has 2 aromatic rings. The van der Waals surface area contributed by atoms with Gasteiger partial charge in [-0.2, -0.15) is 10.5 Å². The van der Waals surface area contributed by atoms with Gasteiger partial charge in [-0.05, 0) is 152 Å². The molecule has 0 bridgehead atoms. The number of nitriles is 2. The molecule has 0 amide bonds. The van der Waals surface area contributed by atoms with Crippen molar-refractivity contribution < 1.29 is 58.5 Å². The van der Waals surface area contributed by atoms with Gasteiger partial charge < -0.3 is 44.1 Å². The number of epoxide rings is 1. The SMILES string of the molecule is C=CC(C)CCC=CCC(C#N)CC(C)(CC(C)(CC)C(=O)OCC(O)COc1ccc(C=CC)cc1CO)C(=O)O.C=CC(C)CCC=CCC(C#N)CC(C)(CC)C(=O)O.CC=Cc1ccc(OCC2CO2)c(OC)c1. The lowest BCUT2D eigenvalue weighted by Gasteiger charge is -2.36. The Kier molecular flexibility index (Phi) is 33.3. The Morgan fingerprint density at radius 2 is 1.26 bits per heavy atom. The Hall–Kier alpha value is -6.45. The largest absolute Gasteiger partial charge is 0.493 e. The van der Waals surface area contributed by atoms with Crippen LogP contribution in [0.1, 0.15) is 150 Å². The molecule has 1 heterocycles. The van der Waals surface area contributed by atoms with Gasteiger partial charge in [0.25, 0.3) is 0 Å². The first kappa shape index (κ1) is 69.6. The van der Waals surface area contributed by atoms with Gasteiger partial charge in [-0.15, -0.1) is 13.2 Å². The lowest BCUT2D eigenvalue weighted by molar-refractivity contribution is -0.164. The molecule has 1 aliphatic rings. The second-order valence-electron chi connectivity index (χ2n) is 21.0. The van der Waals surface area contributed by atoms with Crippen LogP contribution in [0.4, 0.5) is 0 Å². The molecule has 0 radical (unpaired) electrons. The fourth-order valence-electron chi connectivity index (χ4n) is 8.17. The van der Waals surface area contributed by atoms with Crippen molar-refractivity contribution in [3.63, 3.8) is 0 Å². The zero-order valence-corrected chi connectivity index (χ0v) is 48.4. The van der Waals surface area contributed by atoms with Crippen molar-refractivity contribution in [2.45, 2.75) is 152 Å². The molecule has 0 spiro atoms. The van der Waals surface area contributed by atoms with Gasteiger partial charge in [-0.1, -0.05) is 101 Å². The average Bonchev–Trinajstić information content (AvgIpc) is 4.28. The summed E-state index contributed by atoms with van der Waals surface area (Å²) in [6, 6.07) is 15.7. The third-order valence-electron chi connectivity index (χ3n) is 14.0. The maximum atomic E-state index is 13.2. The smallest absolute Gasteiger partial charge is 0.311 e. The van der Waals surface area contributed by atoms with E-state index in [0.29, 0.717) is 61.9 Å². The van der Waals surface area contributed by atoms with E-state index in [4.69, 9.17) is 28.9 Å². The normalized spacial score (nSPS) is 17.2. The highest BCUT2D eigenvalue weighted by molar-refractivity contribution is 5.80. The number of ether oxygens (including phenoxy) is 5. The number of carbonyl (C=O) groups is 3. The molecule has 1 aliphatic heterocycles. The van der Waals surface area contributed by atoms with Crippen LogP contribution in [0, 0.1) is 62.6 Å². The van der Waals surface area contributed by atoms with Crippen LogP contribution >= 0.6 is 0 Å². The van der Waals surface area contributed by atoms with Crippen LogP contribution in [0.3, 0.4) is 0 Å². The van der Waals surface area contributed by atoms with E-state index in [2.05, 4.69) is 45.2 Å². The number of hydrogen-bond donors (Lipinski definition) is 4. The Labute approximate surface area is 466 Å². The molecule has 14 heteroatoms. The molecule has 4 N–H and O–H groups in total. The highest BCUT2D eigenvalue weighted by Crippen LogP contribution is 2.43. The quantitative estimate of drug-likeness (QED) is 0.0286. The fraction of sp³-hybridized carbons (Fsp3) is 0.547. The summed E-state index contributed by atoms with van der Waals surface area (Å²) in [5, 5.41) is 58.3. The molecule has 9 unspecified atom stereocenters. The van der Waals surface area contributed by atoms with E-state index >= 15 is 0 Å². The van der Waals surface area contributed by atoms with Crippen molar-refractivity contribution in [1.82, 2.24) is 0 Å². The number of carbonyl (C=O) groups excluding carboxylic acids is 1. The second kappa shape index (κ2) is 37.4. The summed E-state index contributed by atoms with van der Waals surface area (Å²) in [5.74, 6) is -0.416. The van der Waals surface area contributed by atoms with Gasteiger partial charge in [0.2, 0.25) is 0 Å². The summed E-state index contributed by atoms with van der Waals surface area (Å²) >= 11 is 0. The average molecular weight is 1080 g/mol. The van der Waals surface area contributed by atoms with Crippen LogP contribution in [-0.4, -0.2) is 84.1 Å². The summed E-state index contributed by atoms with van der Waals surface area (Å²) < 4.78 is 27.1. The Morgan fingerprint density at radius 1 is 0.756 bits per heavy atom. The van der Waals surface area contributed by atoms with Crippen molar-refractivity contribution in [3.8, 4) is 29.4 Å². The first-order chi connectivity index (χ1) is 37.1. The number of aliphatic hydroxyl groups is 2. The molecule has 9 atom stereocenters. The van der Waals surface area contributed by atoms with E-state index in [1.165, 1.54) is 0 Å². The van der Waals surface area contributed by atoms with Crippen LogP contribution in [0.2, 0.25) is 0 Å². The number of carboxylic acids is 2. The maximum Gasteiger partial charge on any atom is 0.311 e. The number of methoxy groups -OCH3 is 1. The number of carboxylic acid groups (broad SMARTS) is 2. The summed E-state index contributed by atoms with van der Waals surface area (Å²) in [5.41, 5.74) is -0.703. The second-order valence-corrected chi connectivity index (χ2v) is 21.0. The molecule has 0 aromatic heterocycles. The monoisotopic (exact) mass is 1080 g/mol. The molecule has 0 aliphatic carbocycles. The third-order valence-corrected chi connectivity index (χ3v) is 14.0. The van der Waals surface area contributed by atoms with Gasteiger partial charge in [-0.25, -0.2) is 0 Å². The van der Waals surface area contributed by atoms with E-state index in [1.54, 1.807) is 46.9 Å². The van der Waals surface area contributed by atoms with Gasteiger partial charge in [0.15, 0.2) is 11.5 Å². The summed E-state index contributed by atoms with van der Waals surface area (Å²) in [4.78, 5) is 36.8. The zero-order valence-electron chi connectivity index (χ0n) is 48.4. The van der Waals surface area contributed by atoms with Gasteiger partial charge >= 0.3 is 17.9 Å². The highest BCUT2D eigenvalue weighted by Gasteiger charge is 2.46. The van der Waals surface area contributed by atoms with Crippen molar-refractivity contribution in [2.24, 2.45) is 39.9 Å². The summed E-state index contributed by atoms with van der Waals surface area (Å²) in [7, 11) is 1.65. The Bertz CT molecular complexity index is 2360. The lowest BCUT2D eigenvalue weighted by Crippen LogP contribution is -2.41. The molecule has 430 valence electrons. The molecular formula is C64H92N2O12. The minimum Gasteiger partial charge on any atom is -0.493 e. The molecule has 1 saturated heterocycles. The Balaban J connectivity index is 0.000000690. The van der Waals surface area contributed by atoms with Crippen molar-refractivity contribution >= 4 is 30.1 Å². The minimum absolute atomic E-state index is 0.0194. The first-order valence-electron chi connectivity index (χ1n) is 27.3. The number of aliphatic hydroxyl groups excluding tert-OH is 2. The number of rotatable bonds is 35. The van der Waals surface area contributed by atoms with Crippen molar-refractivity contribution in [2.75, 3.05) is 33.5 Å². The molecule has 78 heavy (non-hydrogen) atoms. The maximum absolute atomic E-state index is 13.2. The van der Waals surface area contributed by atoms with E-state index in [1.807, 2.05) is 99.7 Å². The Morgan fingerprint density at radius 3 is 1.69 bits per heavy atom. The third kappa shape index (κ3) is 26.3. The minimum atomic E-state index is -1.34. The molecule has 0 saturated carbocycles. The van der Waals surface area contributed by atoms with Gasteiger partial charge in [-0.3, -0.25) is 14.4 Å². The number of esters is 1. The number of aliphatic carboxylic acids is 2. The summed E-state index contributed by atoms with van der Waals surface area (Å²) in [6.07, 6.45) is 25.0. The van der Waals surface area contributed by atoms with E-state index < -0.39 is 46.2 Å². The molecule has 14 nitrogen and oxygen atoms in total. The first-order valence-corrected chi connectivity index (χ1v) is 27.3. The van der Waals surface area contributed by atoms with Crippen LogP contribution in [0.25, 0.3) is 12.2 Å². The predicted molar refractivity (Wildman–Crippen MR) is 309 cm³/mol. The number of hydrogen-bond acceptors (Lipinski definition) is 12. The lowest BCUT2D eigenvalue weighted by atomic mass is 9.67. The van der Waals surface area contributed by atoms with Gasteiger partial charge in [0.1, 0.15) is 37.8 Å². The molecule has 2 aromatic carbocycles.